The molecular formula is C19H19FN2O3. The number of para-hydroxylation sites is 1. The van der Waals surface area contributed by atoms with Gasteiger partial charge in [-0.15, -0.1) is 0 Å². The molecule has 0 atom stereocenters. The van der Waals surface area contributed by atoms with E-state index in [9.17, 15) is 14.0 Å². The lowest BCUT2D eigenvalue weighted by Crippen LogP contribution is -2.23. The SMILES string of the molecule is C=CCOc1ccccc1CNC(=O)c1ccc(F)c(NC(C)=O)c1. The number of benzene rings is 2. The van der Waals surface area contributed by atoms with Crippen molar-refractivity contribution in [1.29, 1.82) is 0 Å². The minimum absolute atomic E-state index is 0.0325. The third-order valence-electron chi connectivity index (χ3n) is 3.31. The van der Waals surface area contributed by atoms with Crippen molar-refractivity contribution in [2.75, 3.05) is 11.9 Å². The molecule has 2 aromatic carbocycles. The fourth-order valence-corrected chi connectivity index (χ4v) is 2.17. The first-order valence-corrected chi connectivity index (χ1v) is 7.68. The van der Waals surface area contributed by atoms with Crippen LogP contribution in [0.2, 0.25) is 0 Å². The molecule has 0 bridgehead atoms. The van der Waals surface area contributed by atoms with Gasteiger partial charge in [-0.3, -0.25) is 9.59 Å². The molecule has 130 valence electrons. The molecule has 5 nitrogen and oxygen atoms in total. The molecule has 0 fully saturated rings. The quantitative estimate of drug-likeness (QED) is 0.759. The molecule has 2 aromatic rings. The molecule has 0 saturated heterocycles. The summed E-state index contributed by atoms with van der Waals surface area (Å²) in [6, 6.07) is 11.1. The maximum atomic E-state index is 13.6. The van der Waals surface area contributed by atoms with Gasteiger partial charge in [-0.05, 0) is 24.3 Å². The van der Waals surface area contributed by atoms with E-state index in [0.29, 0.717) is 12.4 Å². The first-order valence-electron chi connectivity index (χ1n) is 7.68. The lowest BCUT2D eigenvalue weighted by molar-refractivity contribution is -0.114. The zero-order valence-electron chi connectivity index (χ0n) is 13.8. The molecule has 0 saturated carbocycles. The van der Waals surface area contributed by atoms with Crippen LogP contribution in [0.25, 0.3) is 0 Å². The van der Waals surface area contributed by atoms with Crippen molar-refractivity contribution in [3.63, 3.8) is 0 Å². The highest BCUT2D eigenvalue weighted by Gasteiger charge is 2.11. The van der Waals surface area contributed by atoms with Crippen molar-refractivity contribution in [2.24, 2.45) is 0 Å². The lowest BCUT2D eigenvalue weighted by Gasteiger charge is -2.12. The Kier molecular flexibility index (Phi) is 6.28. The number of nitrogens with one attached hydrogen (secondary N) is 2. The molecule has 0 aliphatic carbocycles. The molecule has 6 heteroatoms. The van der Waals surface area contributed by atoms with E-state index < -0.39 is 11.7 Å². The van der Waals surface area contributed by atoms with Crippen LogP contribution in [0, 0.1) is 5.82 Å². The second-order valence-corrected chi connectivity index (χ2v) is 5.27. The first kappa shape index (κ1) is 18.2. The Hall–Kier alpha value is -3.15. The van der Waals surface area contributed by atoms with Gasteiger partial charge in [0.1, 0.15) is 18.2 Å². The minimum Gasteiger partial charge on any atom is -0.489 e. The molecule has 0 spiro atoms. The van der Waals surface area contributed by atoms with Gasteiger partial charge in [-0.25, -0.2) is 4.39 Å². The standard InChI is InChI=1S/C19H19FN2O3/c1-3-10-25-18-7-5-4-6-15(18)12-21-19(24)14-8-9-16(20)17(11-14)22-13(2)23/h3-9,11H,1,10,12H2,2H3,(H,21,24)(H,22,23). The van der Waals surface area contributed by atoms with Gasteiger partial charge >= 0.3 is 0 Å². The highest BCUT2D eigenvalue weighted by Crippen LogP contribution is 2.19. The Morgan fingerprint density at radius 2 is 2.00 bits per heavy atom. The Labute approximate surface area is 145 Å². The Morgan fingerprint density at radius 1 is 1.24 bits per heavy atom. The van der Waals surface area contributed by atoms with Crippen LogP contribution >= 0.6 is 0 Å². The van der Waals surface area contributed by atoms with E-state index in [4.69, 9.17) is 4.74 Å². The molecule has 0 aliphatic rings. The number of hydrogen-bond acceptors (Lipinski definition) is 3. The van der Waals surface area contributed by atoms with Crippen LogP contribution < -0.4 is 15.4 Å². The van der Waals surface area contributed by atoms with Gasteiger partial charge in [0.2, 0.25) is 5.91 Å². The molecule has 0 aliphatic heterocycles. The molecule has 2 N–H and O–H groups in total. The fraction of sp³-hybridized carbons (Fsp3) is 0.158. The lowest BCUT2D eigenvalue weighted by atomic mass is 10.1. The minimum atomic E-state index is -0.602. The number of hydrogen-bond donors (Lipinski definition) is 2. The highest BCUT2D eigenvalue weighted by molar-refractivity contribution is 5.96. The molecule has 0 radical (unpaired) electrons. The monoisotopic (exact) mass is 342 g/mol. The zero-order chi connectivity index (χ0) is 18.2. The van der Waals surface area contributed by atoms with E-state index >= 15 is 0 Å². The number of carbonyl (C=O) groups excluding carboxylic acids is 2. The van der Waals surface area contributed by atoms with Gasteiger partial charge in [0.05, 0.1) is 5.69 Å². The Bertz CT molecular complexity index is 790. The van der Waals surface area contributed by atoms with Gasteiger partial charge in [-0.2, -0.15) is 0 Å². The number of carbonyl (C=O) groups is 2. The topological polar surface area (TPSA) is 67.4 Å². The van der Waals surface area contributed by atoms with Crippen molar-refractivity contribution in [3.8, 4) is 5.75 Å². The number of halogens is 1. The predicted octanol–water partition coefficient (Wildman–Crippen LogP) is 3.28. The summed E-state index contributed by atoms with van der Waals surface area (Å²) in [4.78, 5) is 23.4. The summed E-state index contributed by atoms with van der Waals surface area (Å²) in [6.45, 7) is 5.48. The molecular weight excluding hydrogens is 323 g/mol. The van der Waals surface area contributed by atoms with Crippen LogP contribution in [0.15, 0.2) is 55.1 Å². The van der Waals surface area contributed by atoms with Crippen LogP contribution in [-0.4, -0.2) is 18.4 Å². The van der Waals surface area contributed by atoms with Gasteiger partial charge in [0.15, 0.2) is 0 Å². The van der Waals surface area contributed by atoms with E-state index in [1.165, 1.54) is 19.1 Å². The second-order valence-electron chi connectivity index (χ2n) is 5.27. The van der Waals surface area contributed by atoms with Gasteiger partial charge in [-0.1, -0.05) is 30.9 Å². The summed E-state index contributed by atoms with van der Waals surface area (Å²) in [5.74, 6) is -0.745. The van der Waals surface area contributed by atoms with Crippen molar-refractivity contribution < 1.29 is 18.7 Å². The predicted molar refractivity (Wildman–Crippen MR) is 94.0 cm³/mol. The van der Waals surface area contributed by atoms with Gasteiger partial charge in [0, 0.05) is 24.6 Å². The summed E-state index contributed by atoms with van der Waals surface area (Å²) < 4.78 is 19.2. The van der Waals surface area contributed by atoms with Crippen molar-refractivity contribution in [2.45, 2.75) is 13.5 Å². The van der Waals surface area contributed by atoms with Crippen LogP contribution in [0.5, 0.6) is 5.75 Å². The summed E-state index contributed by atoms with van der Waals surface area (Å²) in [5.41, 5.74) is 1.02. The van der Waals surface area contributed by atoms with Crippen molar-refractivity contribution in [3.05, 3.63) is 72.1 Å². The number of amides is 2. The second kappa shape index (κ2) is 8.63. The Morgan fingerprint density at radius 3 is 2.72 bits per heavy atom. The smallest absolute Gasteiger partial charge is 0.251 e. The van der Waals surface area contributed by atoms with Crippen LogP contribution in [-0.2, 0) is 11.3 Å². The summed E-state index contributed by atoms with van der Waals surface area (Å²) in [6.07, 6.45) is 1.64. The van der Waals surface area contributed by atoms with Crippen molar-refractivity contribution in [1.82, 2.24) is 5.32 Å². The van der Waals surface area contributed by atoms with Gasteiger partial charge in [0.25, 0.3) is 5.91 Å². The van der Waals surface area contributed by atoms with E-state index in [1.54, 1.807) is 12.1 Å². The maximum absolute atomic E-state index is 13.6. The van der Waals surface area contributed by atoms with E-state index in [2.05, 4.69) is 17.2 Å². The van der Waals surface area contributed by atoms with Crippen LogP contribution in [0.3, 0.4) is 0 Å². The molecule has 0 unspecified atom stereocenters. The van der Waals surface area contributed by atoms with Crippen LogP contribution in [0.1, 0.15) is 22.8 Å². The summed E-state index contributed by atoms with van der Waals surface area (Å²) >= 11 is 0. The number of rotatable bonds is 7. The summed E-state index contributed by atoms with van der Waals surface area (Å²) in [7, 11) is 0. The van der Waals surface area contributed by atoms with Crippen molar-refractivity contribution >= 4 is 17.5 Å². The molecule has 0 heterocycles. The van der Waals surface area contributed by atoms with E-state index in [-0.39, 0.29) is 23.7 Å². The highest BCUT2D eigenvalue weighted by atomic mass is 19.1. The zero-order valence-corrected chi connectivity index (χ0v) is 13.8. The normalized spacial score (nSPS) is 10.0. The van der Waals surface area contributed by atoms with E-state index in [1.807, 2.05) is 18.2 Å². The summed E-state index contributed by atoms with van der Waals surface area (Å²) in [5, 5.41) is 5.10. The Balaban J connectivity index is 2.08. The third kappa shape index (κ3) is 5.17. The maximum Gasteiger partial charge on any atom is 0.251 e. The van der Waals surface area contributed by atoms with E-state index in [0.717, 1.165) is 11.6 Å². The number of anilines is 1. The third-order valence-corrected chi connectivity index (χ3v) is 3.31. The van der Waals surface area contributed by atoms with Gasteiger partial charge < -0.3 is 15.4 Å². The van der Waals surface area contributed by atoms with Crippen LogP contribution in [0.4, 0.5) is 10.1 Å². The first-order chi connectivity index (χ1) is 12.0. The molecule has 25 heavy (non-hydrogen) atoms. The fourth-order valence-electron chi connectivity index (χ4n) is 2.17. The molecule has 2 amide bonds. The number of ether oxygens (including phenoxy) is 1. The molecule has 0 aromatic heterocycles. The molecule has 2 rings (SSSR count). The average molecular weight is 342 g/mol. The average Bonchev–Trinajstić information content (AvgIpc) is 2.60. The largest absolute Gasteiger partial charge is 0.489 e.